The number of hydrogen-bond acceptors (Lipinski definition) is 5. The van der Waals surface area contributed by atoms with E-state index in [4.69, 9.17) is 22.1 Å². The third kappa shape index (κ3) is 8.82. The van der Waals surface area contributed by atoms with Crippen molar-refractivity contribution in [3.05, 3.63) is 406 Å². The molecule has 0 unspecified atom stereocenters. The third-order valence-electron chi connectivity index (χ3n) is 33.0. The van der Waals surface area contributed by atoms with Gasteiger partial charge in [-0.05, 0) is 216 Å². The van der Waals surface area contributed by atoms with E-state index < -0.39 is 0 Å². The molecule has 0 fully saturated rings. The van der Waals surface area contributed by atoms with Crippen LogP contribution in [0.2, 0.25) is 0 Å². The van der Waals surface area contributed by atoms with E-state index in [-0.39, 0.29) is 0 Å². The number of furan rings is 5. The third-order valence-corrected chi connectivity index (χ3v) is 33.0. The summed E-state index contributed by atoms with van der Waals surface area (Å²) in [7, 11) is 0. The lowest BCUT2D eigenvalue weighted by molar-refractivity contribution is 0.669. The average Bonchev–Trinajstić information content (AvgIpc) is 1.51. The van der Waals surface area contributed by atoms with E-state index in [0.29, 0.717) is 0 Å². The van der Waals surface area contributed by atoms with Crippen LogP contribution in [0.4, 0.5) is 0 Å². The molecule has 37 rings (SSSR count). The average molecular weight is 1830 g/mol. The molecule has 0 spiro atoms. The Balaban J connectivity index is 0.532. The molecular weight excluding hydrogens is 1760 g/mol. The van der Waals surface area contributed by atoms with Gasteiger partial charge in [-0.3, -0.25) is 0 Å². The molecule has 37 aromatic rings. The first kappa shape index (κ1) is 73.7. The molecule has 0 amide bonds. The molecule has 15 aromatic heterocycles. The van der Waals surface area contributed by atoms with Crippen molar-refractivity contribution in [1.82, 2.24) is 31.5 Å². The van der Waals surface area contributed by atoms with Gasteiger partial charge in [-0.1, -0.05) is 212 Å². The van der Waals surface area contributed by atoms with Crippen molar-refractivity contribution in [2.24, 2.45) is 0 Å². The largest absolute Gasteiger partial charge is 0.456 e. The van der Waals surface area contributed by atoms with E-state index in [1.165, 1.54) is 92.5 Å². The van der Waals surface area contributed by atoms with Crippen LogP contribution in [0.3, 0.4) is 0 Å². The summed E-state index contributed by atoms with van der Waals surface area (Å²) in [4.78, 5) is 0. The van der Waals surface area contributed by atoms with Gasteiger partial charge in [0.25, 0.3) is 0 Å². The minimum absolute atomic E-state index is 0.773. The molecule has 15 heterocycles. The Labute approximate surface area is 810 Å². The molecule has 12 heteroatoms. The Morgan fingerprint density at radius 2 is 0.507 bits per heavy atom. The monoisotopic (exact) mass is 1830 g/mol. The van der Waals surface area contributed by atoms with Crippen molar-refractivity contribution in [3.8, 4) is 45.0 Å². The van der Waals surface area contributed by atoms with Crippen LogP contribution in [0.25, 0.3) is 356 Å². The van der Waals surface area contributed by atoms with Gasteiger partial charge in [-0.15, -0.1) is 0 Å². The van der Waals surface area contributed by atoms with Crippen molar-refractivity contribution in [1.29, 1.82) is 0 Å². The summed E-state index contributed by atoms with van der Waals surface area (Å²) >= 11 is 0. The molecule has 0 atom stereocenters. The normalized spacial score (nSPS) is 13.0. The van der Waals surface area contributed by atoms with Gasteiger partial charge in [0.15, 0.2) is 0 Å². The summed E-state index contributed by atoms with van der Waals surface area (Å²) in [6.45, 7) is 0. The Hall–Kier alpha value is -19.6. The molecule has 0 saturated carbocycles. The van der Waals surface area contributed by atoms with Gasteiger partial charge in [-0.25, -0.2) is 0 Å². The van der Waals surface area contributed by atoms with Gasteiger partial charge in [0.05, 0.1) is 115 Å². The minimum Gasteiger partial charge on any atom is -0.456 e. The van der Waals surface area contributed by atoms with Crippen molar-refractivity contribution in [2.45, 2.75) is 0 Å². The number of nitrogens with zero attached hydrogens (tertiary/aromatic N) is 7. The molecule has 660 valence electrons. The van der Waals surface area contributed by atoms with Gasteiger partial charge in [-0.2, -0.15) is 0 Å². The Morgan fingerprint density at radius 1 is 0.132 bits per heavy atom. The number of aromatic nitrogens is 7. The van der Waals surface area contributed by atoms with Gasteiger partial charge in [0.1, 0.15) is 55.8 Å². The van der Waals surface area contributed by atoms with Gasteiger partial charge < -0.3 is 53.6 Å². The van der Waals surface area contributed by atoms with E-state index in [2.05, 4.69) is 432 Å². The zero-order valence-electron chi connectivity index (χ0n) is 76.4. The Bertz CT molecular complexity index is 12500. The minimum atomic E-state index is 0.773. The molecule has 0 aliphatic heterocycles. The maximum atomic E-state index is 7.59. The lowest BCUT2D eigenvalue weighted by Crippen LogP contribution is -1.95. The molecule has 0 bridgehead atoms. The summed E-state index contributed by atoms with van der Waals surface area (Å²) in [6, 6.07) is 150. The Kier molecular flexibility index (Phi) is 13.1. The van der Waals surface area contributed by atoms with Crippen LogP contribution in [-0.2, 0) is 0 Å². The van der Waals surface area contributed by atoms with Gasteiger partial charge in [0, 0.05) is 163 Å². The number of para-hydroxylation sites is 10. The lowest BCUT2D eigenvalue weighted by Gasteiger charge is -2.12. The summed E-state index contributed by atoms with van der Waals surface area (Å²) in [6.07, 6.45) is 0. The first-order chi connectivity index (χ1) is 71.5. The second kappa shape index (κ2) is 25.7. The van der Waals surface area contributed by atoms with Crippen molar-refractivity contribution < 1.29 is 22.1 Å². The summed E-state index contributed by atoms with van der Waals surface area (Å²) in [5.74, 6) is 0. The van der Waals surface area contributed by atoms with E-state index in [1.54, 1.807) is 0 Å². The smallest absolute Gasteiger partial charge is 0.146 e. The number of fused-ring (bicyclic) bond motifs is 52. The van der Waals surface area contributed by atoms with Crippen LogP contribution in [-0.4, -0.2) is 31.5 Å². The molecule has 12 nitrogen and oxygen atoms in total. The summed E-state index contributed by atoms with van der Waals surface area (Å²) in [5.41, 5.74) is 36.2. The first-order valence-corrected chi connectivity index (χ1v) is 49.4. The van der Waals surface area contributed by atoms with E-state index in [0.717, 1.165) is 264 Å². The molecule has 0 aliphatic carbocycles. The van der Waals surface area contributed by atoms with E-state index in [1.807, 2.05) is 6.07 Å². The number of hydrogen-bond donors (Lipinski definition) is 0. The molecule has 0 aliphatic rings. The fraction of sp³-hybridized carbons (Fsp3) is 0. The van der Waals surface area contributed by atoms with Gasteiger partial charge >= 0.3 is 0 Å². The van der Waals surface area contributed by atoms with Crippen LogP contribution in [0.1, 0.15) is 0 Å². The molecule has 0 N–H and O–H groups in total. The number of benzene rings is 22. The molecule has 0 saturated heterocycles. The first-order valence-electron chi connectivity index (χ1n) is 49.4. The zero-order chi connectivity index (χ0) is 92.5. The molecule has 22 aromatic carbocycles. The zero-order valence-corrected chi connectivity index (χ0v) is 76.4. The SMILES string of the molecule is c1ccc(-n2c3ccccc3c3cc4c5c6c(cc7c8cc9c%10ccccc%10n(-c%10ccc(-c%11ccc(-n%12c%13ccccc%13c%13c%14c%15c%16oc%17ccccc%17c%16c(-c%16ccc%17c(c%16)oc%16cc%18c%19c%20oc%21ccccc%21c%20ccc%19n%19c%20ccc%21c%22ccccc%22oc%21c%20c(c%16%17)c%18%19)cc%15n%15c%16ccc%17c%18ccccc%18oc%17c%16c(cc%13%12)c%14%15)cc%11)cc%10)c9cc8n(c4cc32)c75)c2ccccc2n6-c2ccccc2)cc1. The standard InChI is InChI=1S/C132H67N7O5/c1-3-23-71(24-4-1)133-96-35-15-8-28-76(96)89-61-93-106(67-104(89)133)139-105-66-103-88(60-90(105)92-62-91-77-29-9-17-37-98(77)136(72-25-5-2-6-26-72)125(91)120(93)126(92)139)75-27-7-16-36-97(75)134(103)73-48-43-68(44-49-73)69-45-50-74(51-46-69)135-99-38-18-10-33-84(99)116-107(135)64-94-117-101(57-54-81-78-30-11-19-39-109(78)141-129(81)117)138-108-63-87(115-85-34-14-22-42-112(85)144-132(115)122(108)123(116)127(94)138)70-47-52-86-113(59-70)140-114-65-95-118-100(56-53-82-79-31-12-20-40-110(79)142-130(82)118)137-102-58-55-83-80-32-13-21-41-111(80)143-131(83)121(102)124(119(86)114)128(95)137/h1-67H. The van der Waals surface area contributed by atoms with Crippen molar-refractivity contribution in [3.63, 3.8) is 0 Å². The van der Waals surface area contributed by atoms with Crippen LogP contribution < -0.4 is 0 Å². The lowest BCUT2D eigenvalue weighted by atomic mass is 9.94. The second-order valence-corrected chi connectivity index (χ2v) is 39.8. The predicted octanol–water partition coefficient (Wildman–Crippen LogP) is 36.4. The molecule has 144 heavy (non-hydrogen) atoms. The topological polar surface area (TPSA) is 98.7 Å². The highest BCUT2D eigenvalue weighted by Gasteiger charge is 2.35. The maximum Gasteiger partial charge on any atom is 0.146 e. The van der Waals surface area contributed by atoms with Crippen LogP contribution >= 0.6 is 0 Å². The fourth-order valence-corrected chi connectivity index (χ4v) is 27.3. The molecular formula is C132H67N7O5. The van der Waals surface area contributed by atoms with Crippen LogP contribution in [0, 0.1) is 0 Å². The van der Waals surface area contributed by atoms with Crippen LogP contribution in [0.15, 0.2) is 429 Å². The Morgan fingerprint density at radius 3 is 1.09 bits per heavy atom. The van der Waals surface area contributed by atoms with E-state index >= 15 is 0 Å². The highest BCUT2D eigenvalue weighted by atomic mass is 16.3. The molecule has 0 radical (unpaired) electrons. The van der Waals surface area contributed by atoms with Crippen LogP contribution in [0.5, 0.6) is 0 Å². The fourth-order valence-electron chi connectivity index (χ4n) is 27.3. The van der Waals surface area contributed by atoms with Gasteiger partial charge in [0.2, 0.25) is 0 Å². The highest BCUT2D eigenvalue weighted by molar-refractivity contribution is 6.45. The van der Waals surface area contributed by atoms with E-state index in [9.17, 15) is 0 Å². The maximum absolute atomic E-state index is 7.59. The highest BCUT2D eigenvalue weighted by Crippen LogP contribution is 2.58. The predicted molar refractivity (Wildman–Crippen MR) is 595 cm³/mol. The summed E-state index contributed by atoms with van der Waals surface area (Å²) < 4.78 is 53.8. The second-order valence-electron chi connectivity index (χ2n) is 39.8. The number of rotatable bonds is 6. The van der Waals surface area contributed by atoms with Crippen molar-refractivity contribution in [2.75, 3.05) is 0 Å². The summed E-state index contributed by atoms with van der Waals surface area (Å²) in [5, 5.41) is 33.7. The van der Waals surface area contributed by atoms with Crippen molar-refractivity contribution >= 4 is 311 Å². The quantitative estimate of drug-likeness (QED) is 0.165.